The minimum absolute atomic E-state index is 0.0835. The molecule has 2 amide bonds. The van der Waals surface area contributed by atoms with Crippen LogP contribution in [-0.4, -0.2) is 43.3 Å². The van der Waals surface area contributed by atoms with Crippen molar-refractivity contribution in [2.24, 2.45) is 0 Å². The molecule has 4 rings (SSSR count). The zero-order chi connectivity index (χ0) is 34.4. The highest BCUT2D eigenvalue weighted by molar-refractivity contribution is 7.92. The van der Waals surface area contributed by atoms with E-state index in [-0.39, 0.29) is 29.7 Å². The third-order valence-electron chi connectivity index (χ3n) is 7.98. The number of sulfonamides is 1. The highest BCUT2D eigenvalue weighted by Gasteiger charge is 2.35. The summed E-state index contributed by atoms with van der Waals surface area (Å²) < 4.78 is 29.7. The summed E-state index contributed by atoms with van der Waals surface area (Å²) in [5.74, 6) is -0.548. The predicted octanol–water partition coefficient (Wildman–Crippen LogP) is 7.18. The molecule has 0 saturated heterocycles. The Bertz CT molecular complexity index is 1740. The lowest BCUT2D eigenvalue weighted by Crippen LogP contribution is -2.56. The van der Waals surface area contributed by atoms with Crippen LogP contribution in [0.25, 0.3) is 0 Å². The zero-order valence-electron chi connectivity index (χ0n) is 28.5. The van der Waals surface area contributed by atoms with Crippen LogP contribution in [0.2, 0.25) is 0 Å². The second-order valence-corrected chi connectivity index (χ2v) is 15.4. The van der Waals surface area contributed by atoms with E-state index in [1.54, 1.807) is 36.4 Å². The Morgan fingerprint density at radius 2 is 1.30 bits per heavy atom. The summed E-state index contributed by atoms with van der Waals surface area (Å²) >= 11 is 0. The number of hydrogen-bond acceptors (Lipinski definition) is 4. The molecule has 8 heteroatoms. The minimum atomic E-state index is -4.16. The van der Waals surface area contributed by atoms with E-state index in [1.165, 1.54) is 4.90 Å². The first kappa shape index (κ1) is 35.4. The van der Waals surface area contributed by atoms with Gasteiger partial charge in [-0.3, -0.25) is 13.9 Å². The van der Waals surface area contributed by atoms with Gasteiger partial charge < -0.3 is 10.2 Å². The van der Waals surface area contributed by atoms with Crippen molar-refractivity contribution in [1.82, 2.24) is 10.2 Å². The Labute approximate surface area is 280 Å². The monoisotopic (exact) mass is 653 g/mol. The van der Waals surface area contributed by atoms with Crippen LogP contribution in [0.4, 0.5) is 5.69 Å². The Hall–Kier alpha value is -4.43. The molecule has 0 aromatic heterocycles. The summed E-state index contributed by atoms with van der Waals surface area (Å²) in [7, 11) is -4.16. The molecule has 47 heavy (non-hydrogen) atoms. The molecule has 0 unspecified atom stereocenters. The van der Waals surface area contributed by atoms with Gasteiger partial charge in [0.25, 0.3) is 10.0 Å². The highest BCUT2D eigenvalue weighted by atomic mass is 32.2. The van der Waals surface area contributed by atoms with Gasteiger partial charge >= 0.3 is 0 Å². The largest absolute Gasteiger partial charge is 0.350 e. The molecule has 4 aromatic rings. The maximum atomic E-state index is 14.6. The van der Waals surface area contributed by atoms with Gasteiger partial charge in [-0.2, -0.15) is 0 Å². The van der Waals surface area contributed by atoms with E-state index >= 15 is 0 Å². The number of hydrogen-bond donors (Lipinski definition) is 1. The van der Waals surface area contributed by atoms with Gasteiger partial charge in [-0.15, -0.1) is 0 Å². The topological polar surface area (TPSA) is 86.8 Å². The summed E-state index contributed by atoms with van der Waals surface area (Å²) in [6.45, 7) is 13.3. The van der Waals surface area contributed by atoms with Crippen molar-refractivity contribution in [2.45, 2.75) is 83.8 Å². The molecule has 7 nitrogen and oxygen atoms in total. The van der Waals surface area contributed by atoms with Crippen molar-refractivity contribution in [3.63, 3.8) is 0 Å². The molecule has 0 saturated carbocycles. The van der Waals surface area contributed by atoms with E-state index in [0.29, 0.717) is 5.69 Å². The van der Waals surface area contributed by atoms with Crippen LogP contribution in [0.5, 0.6) is 0 Å². The van der Waals surface area contributed by atoms with Crippen molar-refractivity contribution in [2.75, 3.05) is 10.8 Å². The van der Waals surface area contributed by atoms with E-state index in [4.69, 9.17) is 0 Å². The van der Waals surface area contributed by atoms with Crippen molar-refractivity contribution in [3.8, 4) is 0 Å². The van der Waals surface area contributed by atoms with Crippen LogP contribution in [0.3, 0.4) is 0 Å². The van der Waals surface area contributed by atoms with Gasteiger partial charge in [0.1, 0.15) is 12.6 Å². The molecule has 1 atom stereocenters. The molecular formula is C39H47N3O4S. The lowest BCUT2D eigenvalue weighted by atomic mass is 10.0. The van der Waals surface area contributed by atoms with Crippen LogP contribution < -0.4 is 9.62 Å². The number of aryl methyl sites for hydroxylation is 2. The Morgan fingerprint density at radius 1 is 0.745 bits per heavy atom. The number of benzene rings is 4. The number of anilines is 1. The van der Waals surface area contributed by atoms with Crippen LogP contribution >= 0.6 is 0 Å². The number of nitrogens with zero attached hydrogens (tertiary/aromatic N) is 2. The van der Waals surface area contributed by atoms with Crippen LogP contribution in [0.15, 0.2) is 108 Å². The van der Waals surface area contributed by atoms with Crippen LogP contribution in [0, 0.1) is 13.8 Å². The lowest BCUT2D eigenvalue weighted by Gasteiger charge is -2.35. The van der Waals surface area contributed by atoms with Gasteiger partial charge in [-0.05, 0) is 81.5 Å². The number of nitrogens with one attached hydrogen (secondary N) is 1. The number of rotatable bonds is 12. The smallest absolute Gasteiger partial charge is 0.264 e. The summed E-state index contributed by atoms with van der Waals surface area (Å²) in [5, 5.41) is 3.07. The second kappa shape index (κ2) is 15.0. The van der Waals surface area contributed by atoms with E-state index in [9.17, 15) is 18.0 Å². The lowest BCUT2D eigenvalue weighted by molar-refractivity contribution is -0.140. The number of carbonyl (C=O) groups excluding carboxylic acids is 2. The van der Waals surface area contributed by atoms with E-state index < -0.39 is 34.1 Å². The van der Waals surface area contributed by atoms with Gasteiger partial charge in [-0.25, -0.2) is 8.42 Å². The maximum Gasteiger partial charge on any atom is 0.264 e. The molecule has 0 aliphatic rings. The fraction of sp³-hybridized carbons (Fsp3) is 0.333. The third-order valence-corrected chi connectivity index (χ3v) is 9.77. The van der Waals surface area contributed by atoms with Crippen LogP contribution in [-0.2, 0) is 32.6 Å². The highest BCUT2D eigenvalue weighted by Crippen LogP contribution is 2.27. The van der Waals surface area contributed by atoms with Crippen LogP contribution in [0.1, 0.15) is 68.4 Å². The predicted molar refractivity (Wildman–Crippen MR) is 190 cm³/mol. The molecule has 248 valence electrons. The summed E-state index contributed by atoms with van der Waals surface area (Å²) in [6, 6.07) is 30.3. The van der Waals surface area contributed by atoms with Gasteiger partial charge in [0, 0.05) is 18.5 Å². The molecule has 0 spiro atoms. The summed E-state index contributed by atoms with van der Waals surface area (Å²) in [5.41, 5.74) is 4.58. The maximum absolute atomic E-state index is 14.6. The van der Waals surface area contributed by atoms with Gasteiger partial charge in [0.05, 0.1) is 10.6 Å². The number of carbonyl (C=O) groups is 2. The van der Waals surface area contributed by atoms with E-state index in [1.807, 2.05) is 101 Å². The molecule has 0 fully saturated rings. The fourth-order valence-electron chi connectivity index (χ4n) is 5.29. The second-order valence-electron chi connectivity index (χ2n) is 13.5. The molecule has 0 aliphatic heterocycles. The quantitative estimate of drug-likeness (QED) is 0.176. The van der Waals surface area contributed by atoms with Crippen molar-refractivity contribution in [3.05, 3.63) is 131 Å². The first-order chi connectivity index (χ1) is 22.1. The zero-order valence-corrected chi connectivity index (χ0v) is 29.3. The van der Waals surface area contributed by atoms with E-state index in [0.717, 1.165) is 32.1 Å². The minimum Gasteiger partial charge on any atom is -0.350 e. The SMILES string of the molecule is Cc1ccc(CN(C(=O)CN(c2ccc(C(C)C)cc2)S(=O)(=O)c2ccc(C)cc2)[C@H](Cc2ccccc2)C(=O)NC(C)(C)C)cc1. The molecule has 0 bridgehead atoms. The molecule has 4 aromatic carbocycles. The van der Waals surface area contributed by atoms with Gasteiger partial charge in [0.2, 0.25) is 11.8 Å². The van der Waals surface area contributed by atoms with E-state index in [2.05, 4.69) is 19.2 Å². The van der Waals surface area contributed by atoms with Gasteiger partial charge in [0.15, 0.2) is 0 Å². The normalized spacial score (nSPS) is 12.4. The molecule has 1 N–H and O–H groups in total. The Kier molecular flexibility index (Phi) is 11.3. The third kappa shape index (κ3) is 9.55. The molecule has 0 heterocycles. The summed E-state index contributed by atoms with van der Waals surface area (Å²) in [4.78, 5) is 30.3. The first-order valence-corrected chi connectivity index (χ1v) is 17.5. The average molecular weight is 654 g/mol. The van der Waals surface area contributed by atoms with Crippen molar-refractivity contribution < 1.29 is 18.0 Å². The van der Waals surface area contributed by atoms with Crippen molar-refractivity contribution in [1.29, 1.82) is 0 Å². The molecular weight excluding hydrogens is 607 g/mol. The number of amides is 2. The molecule has 0 radical (unpaired) electrons. The van der Waals surface area contributed by atoms with Crippen molar-refractivity contribution >= 4 is 27.5 Å². The Balaban J connectivity index is 1.82. The fourth-order valence-corrected chi connectivity index (χ4v) is 6.70. The summed E-state index contributed by atoms with van der Waals surface area (Å²) in [6.07, 6.45) is 0.258. The van der Waals surface area contributed by atoms with Gasteiger partial charge in [-0.1, -0.05) is 104 Å². The molecule has 0 aliphatic carbocycles. The standard InChI is InChI=1S/C39H47N3O4S/c1-28(2)33-19-21-34(22-20-33)42(47(45,46)35-23-15-30(4)16-24-35)27-37(43)41(26-32-17-13-29(3)14-18-32)36(38(44)40-39(5,6)7)25-31-11-9-8-10-12-31/h8-24,28,36H,25-27H2,1-7H3,(H,40,44)/t36-/m1/s1. The average Bonchev–Trinajstić information content (AvgIpc) is 3.02. The Morgan fingerprint density at radius 3 is 1.83 bits per heavy atom. The first-order valence-electron chi connectivity index (χ1n) is 16.0.